The van der Waals surface area contributed by atoms with E-state index in [1.54, 1.807) is 18.6 Å². The van der Waals surface area contributed by atoms with Crippen LogP contribution >= 0.6 is 0 Å². The molecule has 2 aromatic heterocycles. The van der Waals surface area contributed by atoms with Crippen molar-refractivity contribution in [3.63, 3.8) is 0 Å². The van der Waals surface area contributed by atoms with Gasteiger partial charge in [0, 0.05) is 12.8 Å². The number of fused-ring (bicyclic) bond motifs is 2. The van der Waals surface area contributed by atoms with Crippen LogP contribution in [0.2, 0.25) is 0 Å². The summed E-state index contributed by atoms with van der Waals surface area (Å²) in [7, 11) is 1.55. The molecule has 2 aromatic carbocycles. The van der Waals surface area contributed by atoms with Gasteiger partial charge in [-0.15, -0.1) is 0 Å². The Morgan fingerprint density at radius 3 is 2.42 bits per heavy atom. The van der Waals surface area contributed by atoms with Gasteiger partial charge >= 0.3 is 5.97 Å². The van der Waals surface area contributed by atoms with E-state index < -0.39 is 12.1 Å². The minimum atomic E-state index is -0.568. The van der Waals surface area contributed by atoms with Gasteiger partial charge in [-0.05, 0) is 50.2 Å². The van der Waals surface area contributed by atoms with Gasteiger partial charge in [0.1, 0.15) is 28.8 Å². The van der Waals surface area contributed by atoms with E-state index in [4.69, 9.17) is 24.9 Å². The van der Waals surface area contributed by atoms with Crippen LogP contribution in [0.15, 0.2) is 48.5 Å². The number of rotatable bonds is 7. The molecule has 4 aromatic rings. The number of carbonyl (C=O) groups excluding carboxylic acids is 1. The first kappa shape index (κ1) is 20.6. The maximum absolute atomic E-state index is 13.0. The van der Waals surface area contributed by atoms with E-state index in [9.17, 15) is 4.79 Å². The number of para-hydroxylation sites is 2. The standard InChI is InChI=1S/C23H24N4O4/c1-4-30-16-11-9-15(10-12-16)27-21(24)19(23(28)31-14(2)13-29-3)20-22(27)26-18-8-6-5-7-17(18)25-20/h5-12,14H,4,13,24H2,1-3H3/t14-/m1/s1. The number of esters is 1. The van der Waals surface area contributed by atoms with Gasteiger partial charge in [-0.2, -0.15) is 0 Å². The van der Waals surface area contributed by atoms with Crippen molar-refractivity contribution in [3.8, 4) is 11.4 Å². The summed E-state index contributed by atoms with van der Waals surface area (Å²) in [6.45, 7) is 4.53. The Bertz CT molecular complexity index is 1230. The zero-order chi connectivity index (χ0) is 22.0. The van der Waals surface area contributed by atoms with Crippen LogP contribution in [0.4, 0.5) is 5.82 Å². The van der Waals surface area contributed by atoms with Crippen LogP contribution in [0.5, 0.6) is 5.75 Å². The SMILES string of the molecule is CCOc1ccc(-n2c(N)c(C(=O)O[C@H](C)COC)c3nc4ccccc4nc32)cc1. The summed E-state index contributed by atoms with van der Waals surface area (Å²) in [6, 6.07) is 14.9. The van der Waals surface area contributed by atoms with Crippen molar-refractivity contribution < 1.29 is 19.0 Å². The highest BCUT2D eigenvalue weighted by Crippen LogP contribution is 2.32. The molecule has 0 aliphatic rings. The fourth-order valence-electron chi connectivity index (χ4n) is 3.49. The Morgan fingerprint density at radius 1 is 1.10 bits per heavy atom. The number of anilines is 1. The second-order valence-electron chi connectivity index (χ2n) is 7.08. The van der Waals surface area contributed by atoms with Crippen molar-refractivity contribution in [2.75, 3.05) is 26.1 Å². The second kappa shape index (κ2) is 8.61. The molecule has 0 saturated heterocycles. The first-order chi connectivity index (χ1) is 15.0. The predicted octanol–water partition coefficient (Wildman–Crippen LogP) is 3.75. The second-order valence-corrected chi connectivity index (χ2v) is 7.08. The molecule has 0 aliphatic heterocycles. The summed E-state index contributed by atoms with van der Waals surface area (Å²) >= 11 is 0. The lowest BCUT2D eigenvalue weighted by molar-refractivity contribution is 0.0123. The highest BCUT2D eigenvalue weighted by molar-refractivity contribution is 6.09. The van der Waals surface area contributed by atoms with E-state index >= 15 is 0 Å². The topological polar surface area (TPSA) is 101 Å². The molecule has 0 aliphatic carbocycles. The smallest absolute Gasteiger partial charge is 0.344 e. The first-order valence-corrected chi connectivity index (χ1v) is 10.0. The minimum Gasteiger partial charge on any atom is -0.494 e. The van der Waals surface area contributed by atoms with Gasteiger partial charge in [-0.1, -0.05) is 12.1 Å². The number of nitrogen functional groups attached to an aromatic ring is 1. The molecular weight excluding hydrogens is 396 g/mol. The van der Waals surface area contributed by atoms with Gasteiger partial charge in [-0.25, -0.2) is 14.8 Å². The molecule has 0 radical (unpaired) electrons. The van der Waals surface area contributed by atoms with Crippen molar-refractivity contribution in [1.29, 1.82) is 0 Å². The minimum absolute atomic E-state index is 0.185. The third-order valence-electron chi connectivity index (χ3n) is 4.82. The highest BCUT2D eigenvalue weighted by atomic mass is 16.6. The molecule has 4 rings (SSSR count). The van der Waals surface area contributed by atoms with Gasteiger partial charge in [0.2, 0.25) is 0 Å². The monoisotopic (exact) mass is 420 g/mol. The fourth-order valence-corrected chi connectivity index (χ4v) is 3.49. The van der Waals surface area contributed by atoms with Gasteiger partial charge in [-0.3, -0.25) is 4.57 Å². The lowest BCUT2D eigenvalue weighted by Gasteiger charge is -2.12. The Morgan fingerprint density at radius 2 is 1.77 bits per heavy atom. The zero-order valence-electron chi connectivity index (χ0n) is 17.7. The van der Waals surface area contributed by atoms with E-state index in [1.165, 1.54) is 0 Å². The van der Waals surface area contributed by atoms with Crippen molar-refractivity contribution in [3.05, 3.63) is 54.1 Å². The normalized spacial score (nSPS) is 12.2. The Balaban J connectivity index is 1.91. The molecular formula is C23H24N4O4. The largest absolute Gasteiger partial charge is 0.494 e. The number of nitrogens with two attached hydrogens (primary N) is 1. The van der Waals surface area contributed by atoms with Gasteiger partial charge < -0.3 is 19.9 Å². The van der Waals surface area contributed by atoms with Crippen LogP contribution in [0.1, 0.15) is 24.2 Å². The summed E-state index contributed by atoms with van der Waals surface area (Å²) < 4.78 is 17.8. The van der Waals surface area contributed by atoms with E-state index in [-0.39, 0.29) is 18.0 Å². The molecule has 0 spiro atoms. The third kappa shape index (κ3) is 3.89. The molecule has 8 nitrogen and oxygen atoms in total. The molecule has 31 heavy (non-hydrogen) atoms. The highest BCUT2D eigenvalue weighted by Gasteiger charge is 2.27. The lowest BCUT2D eigenvalue weighted by atomic mass is 10.2. The van der Waals surface area contributed by atoms with Crippen LogP contribution in [0.3, 0.4) is 0 Å². The fraction of sp³-hybridized carbons (Fsp3) is 0.261. The van der Waals surface area contributed by atoms with Gasteiger partial charge in [0.25, 0.3) is 0 Å². The maximum atomic E-state index is 13.0. The van der Waals surface area contributed by atoms with Crippen molar-refractivity contribution in [1.82, 2.24) is 14.5 Å². The number of benzene rings is 2. The van der Waals surface area contributed by atoms with Crippen LogP contribution in [0.25, 0.3) is 27.9 Å². The average Bonchev–Trinajstić information content (AvgIpc) is 3.04. The molecule has 1 atom stereocenters. The predicted molar refractivity (Wildman–Crippen MR) is 119 cm³/mol. The number of hydrogen-bond acceptors (Lipinski definition) is 7. The molecule has 2 heterocycles. The Hall–Kier alpha value is -3.65. The summed E-state index contributed by atoms with van der Waals surface area (Å²) in [5.74, 6) is 0.385. The third-order valence-corrected chi connectivity index (χ3v) is 4.82. The first-order valence-electron chi connectivity index (χ1n) is 10.0. The number of aromatic nitrogens is 3. The van der Waals surface area contributed by atoms with Crippen LogP contribution < -0.4 is 10.5 Å². The molecule has 8 heteroatoms. The number of hydrogen-bond donors (Lipinski definition) is 1. The number of methoxy groups -OCH3 is 1. The zero-order valence-corrected chi connectivity index (χ0v) is 17.7. The number of ether oxygens (including phenoxy) is 3. The molecule has 0 unspecified atom stereocenters. The summed E-state index contributed by atoms with van der Waals surface area (Å²) in [5, 5.41) is 0. The number of nitrogens with zero attached hydrogens (tertiary/aromatic N) is 3. The lowest BCUT2D eigenvalue weighted by Crippen LogP contribution is -2.20. The summed E-state index contributed by atoms with van der Waals surface area (Å²) in [5.41, 5.74) is 9.63. The van der Waals surface area contributed by atoms with E-state index in [0.717, 1.165) is 11.4 Å². The number of carbonyl (C=O) groups is 1. The van der Waals surface area contributed by atoms with Crippen LogP contribution in [0, 0.1) is 0 Å². The molecule has 0 saturated carbocycles. The van der Waals surface area contributed by atoms with Crippen molar-refractivity contribution >= 4 is 34.0 Å². The van der Waals surface area contributed by atoms with Gasteiger partial charge in [0.05, 0.1) is 24.2 Å². The molecule has 0 amide bonds. The van der Waals surface area contributed by atoms with Crippen LogP contribution in [-0.4, -0.2) is 46.9 Å². The quantitative estimate of drug-likeness (QED) is 0.454. The van der Waals surface area contributed by atoms with E-state index in [2.05, 4.69) is 4.98 Å². The van der Waals surface area contributed by atoms with Gasteiger partial charge in [0.15, 0.2) is 5.65 Å². The van der Waals surface area contributed by atoms with Crippen molar-refractivity contribution in [2.45, 2.75) is 20.0 Å². The molecule has 0 bridgehead atoms. The summed E-state index contributed by atoms with van der Waals surface area (Å²) in [4.78, 5) is 22.5. The maximum Gasteiger partial charge on any atom is 0.344 e. The summed E-state index contributed by atoms with van der Waals surface area (Å²) in [6.07, 6.45) is -0.436. The Labute approximate surface area is 179 Å². The molecule has 2 N–H and O–H groups in total. The van der Waals surface area contributed by atoms with E-state index in [1.807, 2.05) is 55.5 Å². The Kier molecular flexibility index (Phi) is 5.73. The molecule has 0 fully saturated rings. The average molecular weight is 420 g/mol. The molecule has 160 valence electrons. The van der Waals surface area contributed by atoms with E-state index in [0.29, 0.717) is 28.8 Å². The van der Waals surface area contributed by atoms with Crippen molar-refractivity contribution in [2.24, 2.45) is 0 Å². The van der Waals surface area contributed by atoms with Crippen LogP contribution in [-0.2, 0) is 9.47 Å².